The number of nitriles is 1. The van der Waals surface area contributed by atoms with Crippen molar-refractivity contribution in [2.24, 2.45) is 0 Å². The van der Waals surface area contributed by atoms with Crippen LogP contribution >= 0.6 is 22.7 Å². The van der Waals surface area contributed by atoms with Crippen LogP contribution in [0.1, 0.15) is 26.9 Å². The smallest absolute Gasteiger partial charge is 0.242 e. The second kappa shape index (κ2) is 8.08. The molecule has 0 saturated heterocycles. The predicted octanol–water partition coefficient (Wildman–Crippen LogP) is 3.13. The van der Waals surface area contributed by atoms with Gasteiger partial charge in [0, 0.05) is 16.3 Å². The number of hydrogen-bond donors (Lipinski definition) is 1. The number of carbonyl (C=O) groups is 1. The number of benzene rings is 1. The van der Waals surface area contributed by atoms with Gasteiger partial charge in [0.25, 0.3) is 0 Å². The molecule has 0 bridgehead atoms. The van der Waals surface area contributed by atoms with Gasteiger partial charge in [0.2, 0.25) is 15.9 Å². The molecule has 3 heterocycles. The van der Waals surface area contributed by atoms with Gasteiger partial charge in [-0.1, -0.05) is 18.2 Å². The summed E-state index contributed by atoms with van der Waals surface area (Å²) in [5.74, 6) is -0.293. The van der Waals surface area contributed by atoms with Crippen molar-refractivity contribution in [2.75, 3.05) is 13.1 Å². The van der Waals surface area contributed by atoms with Crippen molar-refractivity contribution in [2.45, 2.75) is 17.4 Å². The summed E-state index contributed by atoms with van der Waals surface area (Å²) in [4.78, 5) is 16.9. The van der Waals surface area contributed by atoms with E-state index in [-0.39, 0.29) is 29.0 Å². The Hall–Kier alpha value is -2.51. The van der Waals surface area contributed by atoms with E-state index < -0.39 is 10.0 Å². The molecule has 1 unspecified atom stereocenters. The fourth-order valence-electron chi connectivity index (χ4n) is 3.47. The van der Waals surface area contributed by atoms with Crippen LogP contribution in [0.15, 0.2) is 58.1 Å². The maximum absolute atomic E-state index is 13.0. The first-order valence-corrected chi connectivity index (χ1v) is 12.1. The highest BCUT2D eigenvalue weighted by atomic mass is 32.2. The van der Waals surface area contributed by atoms with Crippen molar-refractivity contribution in [1.29, 1.82) is 5.26 Å². The Morgan fingerprint density at radius 3 is 2.76 bits per heavy atom. The number of thiophene rings is 2. The molecule has 29 heavy (non-hydrogen) atoms. The minimum atomic E-state index is -3.97. The minimum absolute atomic E-state index is 0.0461. The van der Waals surface area contributed by atoms with Gasteiger partial charge < -0.3 is 4.90 Å². The van der Waals surface area contributed by atoms with Crippen molar-refractivity contribution < 1.29 is 13.2 Å². The molecule has 1 amide bonds. The lowest BCUT2D eigenvalue weighted by atomic mass is 9.98. The number of rotatable bonds is 5. The Balaban J connectivity index is 1.56. The number of nitrogens with zero attached hydrogens (tertiary/aromatic N) is 2. The van der Waals surface area contributed by atoms with E-state index >= 15 is 0 Å². The molecule has 0 aliphatic carbocycles. The normalized spacial score (nSPS) is 16.2. The van der Waals surface area contributed by atoms with Gasteiger partial charge in [0.1, 0.15) is 6.07 Å². The van der Waals surface area contributed by atoms with Crippen LogP contribution in [0.3, 0.4) is 0 Å². The van der Waals surface area contributed by atoms with Gasteiger partial charge in [0.15, 0.2) is 0 Å². The second-order valence-corrected chi connectivity index (χ2v) is 10.2. The van der Waals surface area contributed by atoms with Gasteiger partial charge in [-0.15, -0.1) is 22.7 Å². The van der Waals surface area contributed by atoms with Gasteiger partial charge in [0.05, 0.1) is 23.0 Å². The molecule has 148 valence electrons. The van der Waals surface area contributed by atoms with Crippen molar-refractivity contribution in [3.8, 4) is 6.07 Å². The fraction of sp³-hybridized carbons (Fsp3) is 0.200. The lowest BCUT2D eigenvalue weighted by molar-refractivity contribution is -0.131. The van der Waals surface area contributed by atoms with Gasteiger partial charge in [-0.3, -0.25) is 4.79 Å². The summed E-state index contributed by atoms with van der Waals surface area (Å²) in [7, 11) is -3.97. The first-order valence-electron chi connectivity index (χ1n) is 8.89. The molecular formula is C20H17N3O3S3. The zero-order valence-corrected chi connectivity index (χ0v) is 17.7. The van der Waals surface area contributed by atoms with Gasteiger partial charge in [-0.05, 0) is 47.0 Å². The van der Waals surface area contributed by atoms with E-state index in [1.807, 2.05) is 35.0 Å². The molecule has 4 rings (SSSR count). The monoisotopic (exact) mass is 443 g/mol. The lowest BCUT2D eigenvalue weighted by Gasteiger charge is -2.35. The molecule has 9 heteroatoms. The molecule has 0 saturated carbocycles. The first kappa shape index (κ1) is 19.8. The summed E-state index contributed by atoms with van der Waals surface area (Å²) in [6.45, 7) is 0.175. The number of hydrogen-bond acceptors (Lipinski definition) is 6. The van der Waals surface area contributed by atoms with Gasteiger partial charge in [-0.2, -0.15) is 5.26 Å². The minimum Gasteiger partial charge on any atom is -0.329 e. The topological polar surface area (TPSA) is 90.3 Å². The maximum Gasteiger partial charge on any atom is 0.242 e. The highest BCUT2D eigenvalue weighted by molar-refractivity contribution is 7.89. The summed E-state index contributed by atoms with van der Waals surface area (Å²) in [6.07, 6.45) is 0.755. The summed E-state index contributed by atoms with van der Waals surface area (Å²) in [6, 6.07) is 13.6. The zero-order valence-electron chi connectivity index (χ0n) is 15.2. The zero-order chi connectivity index (χ0) is 20.4. The van der Waals surface area contributed by atoms with Crippen LogP contribution in [0.25, 0.3) is 0 Å². The molecule has 0 radical (unpaired) electrons. The number of fused-ring (bicyclic) bond motifs is 1. The average molecular weight is 444 g/mol. The molecular weight excluding hydrogens is 426 g/mol. The molecule has 6 nitrogen and oxygen atoms in total. The standard InChI is InChI=1S/C20H17N3O3S3/c21-12-14-4-1-2-6-18(14)29(25,26)22-13-19(24)23-9-7-16-15(8-11-28-16)20(23)17-5-3-10-27-17/h1-6,8,10-11,20,22H,7,9,13H2. The van der Waals surface area contributed by atoms with Crippen LogP contribution in [0.2, 0.25) is 0 Å². The number of nitrogens with one attached hydrogen (secondary N) is 1. The van der Waals surface area contributed by atoms with Crippen LogP contribution in [0.5, 0.6) is 0 Å². The molecule has 0 fully saturated rings. The predicted molar refractivity (Wildman–Crippen MR) is 112 cm³/mol. The Morgan fingerprint density at radius 1 is 1.17 bits per heavy atom. The summed E-state index contributed by atoms with van der Waals surface area (Å²) >= 11 is 3.26. The van der Waals surface area contributed by atoms with Gasteiger partial charge in [-0.25, -0.2) is 13.1 Å². The third-order valence-corrected chi connectivity index (χ3v) is 8.19. The number of carbonyl (C=O) groups excluding carboxylic acids is 1. The molecule has 3 aromatic rings. The van der Waals surface area contributed by atoms with Crippen LogP contribution in [0.4, 0.5) is 0 Å². The highest BCUT2D eigenvalue weighted by Gasteiger charge is 2.33. The Morgan fingerprint density at radius 2 is 2.00 bits per heavy atom. The maximum atomic E-state index is 13.0. The van der Waals surface area contributed by atoms with Crippen LogP contribution in [0, 0.1) is 11.3 Å². The molecule has 1 aromatic carbocycles. The van der Waals surface area contributed by atoms with Crippen molar-refractivity contribution in [3.05, 3.63) is 74.1 Å². The largest absolute Gasteiger partial charge is 0.329 e. The second-order valence-electron chi connectivity index (χ2n) is 6.49. The number of amides is 1. The molecule has 1 atom stereocenters. The number of sulfonamides is 1. The van der Waals surface area contributed by atoms with Crippen molar-refractivity contribution in [3.63, 3.8) is 0 Å². The van der Waals surface area contributed by atoms with E-state index in [0.29, 0.717) is 6.54 Å². The van der Waals surface area contributed by atoms with Crippen LogP contribution in [-0.4, -0.2) is 32.3 Å². The Bertz CT molecular complexity index is 1180. The van der Waals surface area contributed by atoms with E-state index in [2.05, 4.69) is 4.72 Å². The molecule has 2 aromatic heterocycles. The Kier molecular flexibility index (Phi) is 5.52. The molecule has 1 aliphatic heterocycles. The fourth-order valence-corrected chi connectivity index (χ4v) is 6.36. The quantitative estimate of drug-likeness (QED) is 0.656. The van der Waals surface area contributed by atoms with Crippen molar-refractivity contribution in [1.82, 2.24) is 9.62 Å². The van der Waals surface area contributed by atoms with E-state index in [9.17, 15) is 13.2 Å². The Labute approximate surface area is 177 Å². The van der Waals surface area contributed by atoms with Crippen molar-refractivity contribution >= 4 is 38.6 Å². The summed E-state index contributed by atoms with van der Waals surface area (Å²) in [5.41, 5.74) is 1.15. The van der Waals surface area contributed by atoms with E-state index in [1.165, 1.54) is 17.0 Å². The summed E-state index contributed by atoms with van der Waals surface area (Å²) in [5, 5.41) is 13.2. The SMILES string of the molecule is N#Cc1ccccc1S(=O)(=O)NCC(=O)N1CCc2sccc2C1c1cccs1. The van der Waals surface area contributed by atoms with E-state index in [1.54, 1.807) is 39.7 Å². The lowest BCUT2D eigenvalue weighted by Crippen LogP contribution is -2.45. The summed E-state index contributed by atoms with van der Waals surface area (Å²) < 4.78 is 27.6. The van der Waals surface area contributed by atoms with E-state index in [4.69, 9.17) is 5.26 Å². The molecule has 1 aliphatic rings. The third-order valence-electron chi connectivity index (χ3n) is 4.81. The first-order chi connectivity index (χ1) is 14.0. The average Bonchev–Trinajstić information content (AvgIpc) is 3.43. The van der Waals surface area contributed by atoms with Gasteiger partial charge >= 0.3 is 0 Å². The van der Waals surface area contributed by atoms with Crippen LogP contribution in [-0.2, 0) is 21.2 Å². The molecule has 1 N–H and O–H groups in total. The highest BCUT2D eigenvalue weighted by Crippen LogP contribution is 2.39. The van der Waals surface area contributed by atoms with Crippen LogP contribution < -0.4 is 4.72 Å². The molecule has 0 spiro atoms. The van der Waals surface area contributed by atoms with E-state index in [0.717, 1.165) is 16.9 Å². The third kappa shape index (κ3) is 3.84.